The van der Waals surface area contributed by atoms with E-state index in [1.165, 1.54) is 12.8 Å². The monoisotopic (exact) mass is 285 g/mol. The third kappa shape index (κ3) is 2.30. The van der Waals surface area contributed by atoms with E-state index in [4.69, 9.17) is 5.73 Å². The Labute approximate surface area is 125 Å². The number of aromatic nitrogens is 4. The minimum Gasteiger partial charge on any atom is -0.398 e. The molecule has 3 atom stereocenters. The molecule has 1 heterocycles. The predicted octanol–water partition coefficient (Wildman–Crippen LogP) is 3.23. The van der Waals surface area contributed by atoms with Crippen LogP contribution in [0.15, 0.2) is 18.2 Å². The summed E-state index contributed by atoms with van der Waals surface area (Å²) in [7, 11) is 0. The number of nitrogen functional groups attached to an aromatic ring is 1. The molecule has 21 heavy (non-hydrogen) atoms. The average molecular weight is 285 g/mol. The molecule has 0 aliphatic heterocycles. The van der Waals surface area contributed by atoms with Gasteiger partial charge in [0.25, 0.3) is 0 Å². The maximum atomic E-state index is 6.16. The lowest BCUT2D eigenvalue weighted by Gasteiger charge is -2.21. The van der Waals surface area contributed by atoms with Crippen molar-refractivity contribution in [2.45, 2.75) is 46.1 Å². The zero-order valence-electron chi connectivity index (χ0n) is 13.0. The highest BCUT2D eigenvalue weighted by Gasteiger charge is 2.35. The molecule has 1 aromatic carbocycles. The number of nitrogens with two attached hydrogens (primary N) is 1. The van der Waals surface area contributed by atoms with Crippen molar-refractivity contribution in [1.82, 2.24) is 20.2 Å². The second-order valence-electron chi connectivity index (χ2n) is 6.16. The topological polar surface area (TPSA) is 69.6 Å². The standard InChI is InChI=1S/C16H23N5/c1-4-12-8-9-14(11(12)3)21-16(18-19-20-21)15-10(2)6-5-7-13(15)17/h5-7,11-12,14H,4,8-9,17H2,1-3H3. The number of anilines is 1. The van der Waals surface area contributed by atoms with Gasteiger partial charge >= 0.3 is 0 Å². The lowest BCUT2D eigenvalue weighted by molar-refractivity contribution is 0.310. The minimum absolute atomic E-state index is 0.374. The van der Waals surface area contributed by atoms with Crippen LogP contribution < -0.4 is 5.73 Å². The fourth-order valence-corrected chi connectivity index (χ4v) is 3.72. The molecule has 0 spiro atoms. The van der Waals surface area contributed by atoms with Gasteiger partial charge in [-0.1, -0.05) is 32.4 Å². The van der Waals surface area contributed by atoms with E-state index in [-0.39, 0.29) is 0 Å². The molecule has 1 saturated carbocycles. The van der Waals surface area contributed by atoms with Crippen LogP contribution in [0.5, 0.6) is 0 Å². The molecule has 112 valence electrons. The van der Waals surface area contributed by atoms with Gasteiger partial charge in [-0.05, 0) is 53.7 Å². The van der Waals surface area contributed by atoms with Gasteiger partial charge in [0.15, 0.2) is 5.82 Å². The first-order valence-electron chi connectivity index (χ1n) is 7.76. The van der Waals surface area contributed by atoms with Gasteiger partial charge in [-0.2, -0.15) is 0 Å². The highest BCUT2D eigenvalue weighted by atomic mass is 15.6. The second kappa shape index (κ2) is 5.47. The smallest absolute Gasteiger partial charge is 0.184 e. The third-order valence-electron chi connectivity index (χ3n) is 5.04. The Kier molecular flexibility index (Phi) is 3.66. The summed E-state index contributed by atoms with van der Waals surface area (Å²) < 4.78 is 2.00. The first kappa shape index (κ1) is 14.0. The average Bonchev–Trinajstić information content (AvgIpc) is 3.05. The number of hydrogen-bond acceptors (Lipinski definition) is 4. The first-order valence-corrected chi connectivity index (χ1v) is 7.76. The highest BCUT2D eigenvalue weighted by Crippen LogP contribution is 2.43. The van der Waals surface area contributed by atoms with E-state index in [2.05, 4.69) is 42.4 Å². The normalized spacial score (nSPS) is 25.4. The Balaban J connectivity index is 2.03. The number of hydrogen-bond donors (Lipinski definition) is 1. The highest BCUT2D eigenvalue weighted by molar-refractivity contribution is 5.74. The van der Waals surface area contributed by atoms with E-state index in [1.54, 1.807) is 0 Å². The van der Waals surface area contributed by atoms with Gasteiger partial charge in [-0.15, -0.1) is 5.10 Å². The number of rotatable bonds is 3. The van der Waals surface area contributed by atoms with E-state index in [0.717, 1.165) is 35.0 Å². The molecule has 1 aromatic heterocycles. The fraction of sp³-hybridized carbons (Fsp3) is 0.562. The van der Waals surface area contributed by atoms with E-state index in [0.29, 0.717) is 12.0 Å². The number of nitrogens with zero attached hydrogens (tertiary/aromatic N) is 4. The summed E-state index contributed by atoms with van der Waals surface area (Å²) in [4.78, 5) is 0. The van der Waals surface area contributed by atoms with Crippen molar-refractivity contribution in [2.24, 2.45) is 11.8 Å². The molecule has 1 aliphatic rings. The van der Waals surface area contributed by atoms with Crippen molar-refractivity contribution in [3.8, 4) is 11.4 Å². The SMILES string of the molecule is CCC1CCC(n2nnnc2-c2c(C)cccc2N)C1C. The van der Waals surface area contributed by atoms with Gasteiger partial charge < -0.3 is 5.73 Å². The molecule has 3 rings (SSSR count). The quantitative estimate of drug-likeness (QED) is 0.879. The van der Waals surface area contributed by atoms with Crippen molar-refractivity contribution in [3.05, 3.63) is 23.8 Å². The number of benzene rings is 1. The van der Waals surface area contributed by atoms with Crippen LogP contribution in [0.2, 0.25) is 0 Å². The zero-order valence-corrected chi connectivity index (χ0v) is 13.0. The van der Waals surface area contributed by atoms with Crippen LogP contribution in [-0.4, -0.2) is 20.2 Å². The summed E-state index contributed by atoms with van der Waals surface area (Å²) >= 11 is 0. The summed E-state index contributed by atoms with van der Waals surface area (Å²) in [6.45, 7) is 6.64. The molecule has 1 fully saturated rings. The second-order valence-corrected chi connectivity index (χ2v) is 6.16. The lowest BCUT2D eigenvalue weighted by atomic mass is 9.93. The molecular formula is C16H23N5. The maximum Gasteiger partial charge on any atom is 0.184 e. The fourth-order valence-electron chi connectivity index (χ4n) is 3.72. The Morgan fingerprint density at radius 2 is 2.14 bits per heavy atom. The van der Waals surface area contributed by atoms with Crippen LogP contribution in [0.25, 0.3) is 11.4 Å². The van der Waals surface area contributed by atoms with E-state index in [9.17, 15) is 0 Å². The summed E-state index contributed by atoms with van der Waals surface area (Å²) in [5, 5.41) is 12.5. The predicted molar refractivity (Wildman–Crippen MR) is 83.6 cm³/mol. The van der Waals surface area contributed by atoms with Crippen molar-refractivity contribution in [1.29, 1.82) is 0 Å². The summed E-state index contributed by atoms with van der Waals surface area (Å²) in [5.41, 5.74) is 8.98. The molecule has 5 nitrogen and oxygen atoms in total. The van der Waals surface area contributed by atoms with E-state index in [1.807, 2.05) is 16.8 Å². The molecule has 0 saturated heterocycles. The van der Waals surface area contributed by atoms with Gasteiger partial charge in [-0.25, -0.2) is 4.68 Å². The Morgan fingerprint density at radius 1 is 1.33 bits per heavy atom. The molecule has 5 heteroatoms. The third-order valence-corrected chi connectivity index (χ3v) is 5.04. The Morgan fingerprint density at radius 3 is 2.81 bits per heavy atom. The Hall–Kier alpha value is -1.91. The summed E-state index contributed by atoms with van der Waals surface area (Å²) in [6, 6.07) is 6.30. The minimum atomic E-state index is 0.374. The van der Waals surface area contributed by atoms with E-state index >= 15 is 0 Å². The first-order chi connectivity index (χ1) is 10.1. The molecule has 3 unspecified atom stereocenters. The van der Waals surface area contributed by atoms with Gasteiger partial charge in [0.05, 0.1) is 6.04 Å². The van der Waals surface area contributed by atoms with Gasteiger partial charge in [0.2, 0.25) is 0 Å². The van der Waals surface area contributed by atoms with Crippen molar-refractivity contribution < 1.29 is 0 Å². The Bertz CT molecular complexity index is 613. The van der Waals surface area contributed by atoms with Crippen LogP contribution in [0, 0.1) is 18.8 Å². The van der Waals surface area contributed by atoms with Gasteiger partial charge in [0.1, 0.15) is 0 Å². The van der Waals surface area contributed by atoms with Crippen molar-refractivity contribution >= 4 is 5.69 Å². The maximum absolute atomic E-state index is 6.16. The molecule has 2 N–H and O–H groups in total. The molecule has 0 radical (unpaired) electrons. The van der Waals surface area contributed by atoms with Crippen LogP contribution in [0.1, 0.15) is 44.7 Å². The van der Waals surface area contributed by atoms with Crippen molar-refractivity contribution in [2.75, 3.05) is 5.73 Å². The summed E-state index contributed by atoms with van der Waals surface area (Å²) in [5.74, 6) is 2.17. The van der Waals surface area contributed by atoms with Crippen LogP contribution in [-0.2, 0) is 0 Å². The number of aryl methyl sites for hydroxylation is 1. The van der Waals surface area contributed by atoms with Gasteiger partial charge in [0, 0.05) is 11.3 Å². The van der Waals surface area contributed by atoms with Gasteiger partial charge in [-0.3, -0.25) is 0 Å². The summed E-state index contributed by atoms with van der Waals surface area (Å²) in [6.07, 6.45) is 3.62. The van der Waals surface area contributed by atoms with E-state index < -0.39 is 0 Å². The van der Waals surface area contributed by atoms with Crippen molar-refractivity contribution in [3.63, 3.8) is 0 Å². The molecule has 0 bridgehead atoms. The van der Waals surface area contributed by atoms with Crippen LogP contribution in [0.3, 0.4) is 0 Å². The number of tetrazole rings is 1. The largest absolute Gasteiger partial charge is 0.398 e. The zero-order chi connectivity index (χ0) is 15.0. The lowest BCUT2D eigenvalue weighted by Crippen LogP contribution is -2.18. The molecule has 2 aromatic rings. The van der Waals surface area contributed by atoms with Crippen LogP contribution in [0.4, 0.5) is 5.69 Å². The molecule has 0 amide bonds. The molecular weight excluding hydrogens is 262 g/mol. The molecule has 1 aliphatic carbocycles. The van der Waals surface area contributed by atoms with Crippen LogP contribution >= 0.6 is 0 Å².